The average molecular weight is 371 g/mol. The fourth-order valence-electron chi connectivity index (χ4n) is 4.57. The number of nitrogens with zero attached hydrogens (tertiary/aromatic N) is 3. The highest BCUT2D eigenvalue weighted by Gasteiger charge is 2.47. The molecule has 6 nitrogen and oxygen atoms in total. The Kier molecular flexibility index (Phi) is 4.95. The van der Waals surface area contributed by atoms with Gasteiger partial charge in [-0.1, -0.05) is 18.2 Å². The second kappa shape index (κ2) is 7.24. The number of hydrogen-bond acceptors (Lipinski definition) is 5. The Balaban J connectivity index is 1.32. The molecule has 1 aromatic carbocycles. The van der Waals surface area contributed by atoms with Crippen molar-refractivity contribution in [2.45, 2.75) is 38.3 Å². The second-order valence-electron chi connectivity index (χ2n) is 8.22. The van der Waals surface area contributed by atoms with E-state index < -0.39 is 5.60 Å². The summed E-state index contributed by atoms with van der Waals surface area (Å²) in [5.74, 6) is 0.0105. The summed E-state index contributed by atoms with van der Waals surface area (Å²) in [7, 11) is 0. The number of carbonyl (C=O) groups excluding carboxylic acids is 2. The number of hydrogen-bond donors (Lipinski definition) is 0. The second-order valence-corrected chi connectivity index (χ2v) is 8.22. The minimum atomic E-state index is -0.490. The molecule has 1 aromatic rings. The minimum absolute atomic E-state index is 0.210. The number of amides is 1. The van der Waals surface area contributed by atoms with Crippen molar-refractivity contribution in [2.75, 3.05) is 45.8 Å². The van der Waals surface area contributed by atoms with Crippen LogP contribution in [0.2, 0.25) is 0 Å². The monoisotopic (exact) mass is 371 g/mol. The lowest BCUT2D eigenvalue weighted by Gasteiger charge is -2.40. The fraction of sp³-hybridized carbons (Fsp3) is 0.619. The highest BCUT2D eigenvalue weighted by molar-refractivity contribution is 5.94. The first kappa shape index (κ1) is 18.4. The van der Waals surface area contributed by atoms with Crippen LogP contribution in [0.25, 0.3) is 0 Å². The summed E-state index contributed by atoms with van der Waals surface area (Å²) < 4.78 is 5.80. The highest BCUT2D eigenvalue weighted by Crippen LogP contribution is 2.43. The largest absolute Gasteiger partial charge is 0.450 e. The summed E-state index contributed by atoms with van der Waals surface area (Å²) in [6, 6.07) is 8.24. The molecule has 3 aliphatic rings. The van der Waals surface area contributed by atoms with E-state index in [4.69, 9.17) is 4.74 Å². The summed E-state index contributed by atoms with van der Waals surface area (Å²) in [6.45, 7) is 9.98. The zero-order valence-electron chi connectivity index (χ0n) is 16.3. The molecule has 27 heavy (non-hydrogen) atoms. The van der Waals surface area contributed by atoms with Crippen LogP contribution in [0.15, 0.2) is 24.3 Å². The summed E-state index contributed by atoms with van der Waals surface area (Å²) in [5.41, 5.74) is 1.23. The average Bonchev–Trinajstić information content (AvgIpc) is 2.96. The van der Waals surface area contributed by atoms with Crippen molar-refractivity contribution in [1.29, 1.82) is 0 Å². The molecule has 0 radical (unpaired) electrons. The van der Waals surface area contributed by atoms with E-state index in [0.717, 1.165) is 57.7 Å². The minimum Gasteiger partial charge on any atom is -0.450 e. The van der Waals surface area contributed by atoms with Crippen LogP contribution in [0.3, 0.4) is 0 Å². The molecule has 0 aromatic heterocycles. The van der Waals surface area contributed by atoms with Crippen LogP contribution in [-0.4, -0.2) is 78.4 Å². The lowest BCUT2D eigenvalue weighted by molar-refractivity contribution is -0.135. The van der Waals surface area contributed by atoms with Gasteiger partial charge in [0, 0.05) is 63.7 Å². The Morgan fingerprint density at radius 2 is 1.74 bits per heavy atom. The molecule has 3 heterocycles. The Morgan fingerprint density at radius 1 is 1.07 bits per heavy atom. The Bertz CT molecular complexity index is 717. The van der Waals surface area contributed by atoms with Crippen molar-refractivity contribution >= 4 is 11.9 Å². The normalized spacial score (nSPS) is 22.9. The summed E-state index contributed by atoms with van der Waals surface area (Å²) in [5, 5.41) is 0. The van der Waals surface area contributed by atoms with Gasteiger partial charge in [0.05, 0.1) is 12.1 Å². The van der Waals surface area contributed by atoms with Gasteiger partial charge in [-0.25, -0.2) is 4.79 Å². The Morgan fingerprint density at radius 3 is 2.41 bits per heavy atom. The third-order valence-electron chi connectivity index (χ3n) is 6.35. The third kappa shape index (κ3) is 3.48. The maximum absolute atomic E-state index is 12.7. The maximum Gasteiger partial charge on any atom is 0.339 e. The standard InChI is InChI=1S/C21H29N3O3/c1-16(2)23-11-13-24(14-12-23)19(25)15-22-9-7-21(8-10-22)18-6-4-3-5-17(18)20(26)27-21/h3-6,16H,7-15H2,1-2H3. The SMILES string of the molecule is CC(C)N1CCN(C(=O)CN2CCC3(CC2)OC(=O)c2ccccc23)CC1. The number of ether oxygens (including phenoxy) is 1. The molecule has 0 unspecified atom stereocenters. The van der Waals surface area contributed by atoms with Crippen molar-refractivity contribution in [2.24, 2.45) is 0 Å². The number of rotatable bonds is 3. The molecular weight excluding hydrogens is 342 g/mol. The first-order valence-electron chi connectivity index (χ1n) is 10.1. The van der Waals surface area contributed by atoms with Crippen molar-refractivity contribution in [1.82, 2.24) is 14.7 Å². The Labute approximate surface area is 161 Å². The lowest BCUT2D eigenvalue weighted by atomic mass is 9.84. The summed E-state index contributed by atoms with van der Waals surface area (Å²) in [6.07, 6.45) is 1.51. The number of esters is 1. The topological polar surface area (TPSA) is 53.1 Å². The van der Waals surface area contributed by atoms with E-state index >= 15 is 0 Å². The van der Waals surface area contributed by atoms with Gasteiger partial charge in [-0.2, -0.15) is 0 Å². The van der Waals surface area contributed by atoms with Gasteiger partial charge in [0.15, 0.2) is 0 Å². The zero-order valence-corrected chi connectivity index (χ0v) is 16.3. The van der Waals surface area contributed by atoms with Crippen LogP contribution in [-0.2, 0) is 15.1 Å². The number of likely N-dealkylation sites (tertiary alicyclic amines) is 1. The van der Waals surface area contributed by atoms with Crippen LogP contribution in [0, 0.1) is 0 Å². The first-order valence-corrected chi connectivity index (χ1v) is 10.1. The van der Waals surface area contributed by atoms with Gasteiger partial charge in [0.1, 0.15) is 5.60 Å². The molecule has 6 heteroatoms. The van der Waals surface area contributed by atoms with E-state index in [9.17, 15) is 9.59 Å². The van der Waals surface area contributed by atoms with Crippen molar-refractivity contribution in [3.63, 3.8) is 0 Å². The maximum atomic E-state index is 12.7. The van der Waals surface area contributed by atoms with Crippen LogP contribution in [0.4, 0.5) is 0 Å². The zero-order chi connectivity index (χ0) is 19.0. The molecule has 1 amide bonds. The number of benzene rings is 1. The number of piperazine rings is 1. The van der Waals surface area contributed by atoms with E-state index in [2.05, 4.69) is 23.6 Å². The molecule has 2 fully saturated rings. The molecule has 146 valence electrons. The van der Waals surface area contributed by atoms with E-state index in [-0.39, 0.29) is 11.9 Å². The predicted octanol–water partition coefficient (Wildman–Crippen LogP) is 1.70. The first-order chi connectivity index (χ1) is 13.0. The Hall–Kier alpha value is -1.92. The molecule has 0 N–H and O–H groups in total. The summed E-state index contributed by atoms with van der Waals surface area (Å²) in [4.78, 5) is 31.5. The number of carbonyl (C=O) groups is 2. The molecular formula is C21H29N3O3. The predicted molar refractivity (Wildman–Crippen MR) is 102 cm³/mol. The smallest absolute Gasteiger partial charge is 0.339 e. The van der Waals surface area contributed by atoms with Gasteiger partial charge in [-0.3, -0.25) is 14.6 Å². The molecule has 0 saturated carbocycles. The van der Waals surface area contributed by atoms with Crippen molar-refractivity contribution in [3.8, 4) is 0 Å². The molecule has 1 spiro atoms. The van der Waals surface area contributed by atoms with E-state index in [1.807, 2.05) is 29.2 Å². The van der Waals surface area contributed by atoms with Gasteiger partial charge in [-0.05, 0) is 19.9 Å². The quantitative estimate of drug-likeness (QED) is 0.757. The summed E-state index contributed by atoms with van der Waals surface area (Å²) >= 11 is 0. The van der Waals surface area contributed by atoms with Crippen LogP contribution in [0.5, 0.6) is 0 Å². The van der Waals surface area contributed by atoms with Crippen LogP contribution in [0.1, 0.15) is 42.6 Å². The molecule has 3 aliphatic heterocycles. The van der Waals surface area contributed by atoms with Crippen molar-refractivity contribution in [3.05, 3.63) is 35.4 Å². The van der Waals surface area contributed by atoms with E-state index in [0.29, 0.717) is 18.2 Å². The molecule has 2 saturated heterocycles. The third-order valence-corrected chi connectivity index (χ3v) is 6.35. The number of piperidine rings is 1. The van der Waals surface area contributed by atoms with Crippen LogP contribution < -0.4 is 0 Å². The van der Waals surface area contributed by atoms with Gasteiger partial charge >= 0.3 is 5.97 Å². The number of fused-ring (bicyclic) bond motifs is 2. The van der Waals surface area contributed by atoms with Gasteiger partial charge < -0.3 is 9.64 Å². The lowest BCUT2D eigenvalue weighted by Crippen LogP contribution is -2.53. The van der Waals surface area contributed by atoms with Gasteiger partial charge in [0.2, 0.25) is 5.91 Å². The van der Waals surface area contributed by atoms with Gasteiger partial charge in [0.25, 0.3) is 0 Å². The van der Waals surface area contributed by atoms with Gasteiger partial charge in [-0.15, -0.1) is 0 Å². The van der Waals surface area contributed by atoms with E-state index in [1.54, 1.807) is 0 Å². The molecule has 0 atom stereocenters. The highest BCUT2D eigenvalue weighted by atomic mass is 16.6. The molecule has 4 rings (SSSR count). The van der Waals surface area contributed by atoms with E-state index in [1.165, 1.54) is 0 Å². The molecule has 0 aliphatic carbocycles. The molecule has 0 bridgehead atoms. The van der Waals surface area contributed by atoms with Crippen LogP contribution >= 0.6 is 0 Å². The fourth-order valence-corrected chi connectivity index (χ4v) is 4.57. The van der Waals surface area contributed by atoms with Crippen molar-refractivity contribution < 1.29 is 14.3 Å².